The molecule has 0 aromatic heterocycles. The summed E-state index contributed by atoms with van der Waals surface area (Å²) in [5.74, 6) is 0.619. The molecule has 2 atom stereocenters. The molecule has 0 saturated carbocycles. The van der Waals surface area contributed by atoms with Gasteiger partial charge in [0.2, 0.25) is 0 Å². The molecular weight excluding hydrogens is 282 g/mol. The zero-order chi connectivity index (χ0) is 14.3. The first-order valence-electron chi connectivity index (χ1n) is 6.23. The molecule has 4 nitrogen and oxygen atoms in total. The van der Waals surface area contributed by atoms with Gasteiger partial charge in [0.25, 0.3) is 0 Å². The second-order valence-corrected chi connectivity index (χ2v) is 8.34. The Morgan fingerprint density at radius 3 is 2.42 bits per heavy atom. The predicted octanol–water partition coefficient (Wildman–Crippen LogP) is 1.13. The molecule has 0 saturated heterocycles. The van der Waals surface area contributed by atoms with E-state index in [2.05, 4.69) is 5.32 Å². The highest BCUT2D eigenvalue weighted by molar-refractivity contribution is 7.92. The molecule has 0 radical (unpaired) electrons. The van der Waals surface area contributed by atoms with E-state index in [4.69, 9.17) is 0 Å². The molecule has 1 aromatic rings. The van der Waals surface area contributed by atoms with Crippen molar-refractivity contribution in [1.29, 1.82) is 0 Å². The molecule has 0 aliphatic heterocycles. The second-order valence-electron chi connectivity index (χ2n) is 4.46. The Labute approximate surface area is 118 Å². The Morgan fingerprint density at radius 1 is 1.26 bits per heavy atom. The van der Waals surface area contributed by atoms with Crippen LogP contribution in [-0.2, 0) is 20.6 Å². The first-order chi connectivity index (χ1) is 8.92. The fourth-order valence-corrected chi connectivity index (χ4v) is 4.52. The van der Waals surface area contributed by atoms with Crippen LogP contribution in [0.4, 0.5) is 0 Å². The third-order valence-electron chi connectivity index (χ3n) is 2.69. The van der Waals surface area contributed by atoms with Crippen LogP contribution in [0.25, 0.3) is 0 Å². The fourth-order valence-electron chi connectivity index (χ4n) is 1.72. The van der Waals surface area contributed by atoms with Crippen LogP contribution in [-0.4, -0.2) is 42.7 Å². The standard InChI is InChI=1S/C13H21NO3S2/c1-3-14-13(12-7-5-4-6-8-12)11-18(15)9-10-19(2,16)17/h4-8,13-14H,3,9-11H2,1-2H3. The fraction of sp³-hybridized carbons (Fsp3) is 0.538. The molecule has 0 fully saturated rings. The lowest BCUT2D eigenvalue weighted by Crippen LogP contribution is -2.27. The molecule has 1 N–H and O–H groups in total. The Balaban J connectivity index is 2.62. The minimum atomic E-state index is -3.05. The molecular formula is C13H21NO3S2. The van der Waals surface area contributed by atoms with Crippen LogP contribution in [0.1, 0.15) is 18.5 Å². The van der Waals surface area contributed by atoms with E-state index in [1.807, 2.05) is 37.3 Å². The average Bonchev–Trinajstić information content (AvgIpc) is 2.36. The van der Waals surface area contributed by atoms with Gasteiger partial charge in [0.15, 0.2) is 0 Å². The smallest absolute Gasteiger partial charge is 0.148 e. The van der Waals surface area contributed by atoms with Gasteiger partial charge < -0.3 is 5.32 Å². The van der Waals surface area contributed by atoms with Crippen LogP contribution in [0.5, 0.6) is 0 Å². The maximum atomic E-state index is 12.0. The SMILES string of the molecule is CCNC(CS(=O)CCS(C)(=O)=O)c1ccccc1. The van der Waals surface area contributed by atoms with Crippen molar-refractivity contribution in [3.8, 4) is 0 Å². The third-order valence-corrected chi connectivity index (χ3v) is 5.26. The summed E-state index contributed by atoms with van der Waals surface area (Å²) in [6.45, 7) is 2.78. The highest BCUT2D eigenvalue weighted by atomic mass is 32.2. The summed E-state index contributed by atoms with van der Waals surface area (Å²) < 4.78 is 34.1. The summed E-state index contributed by atoms with van der Waals surface area (Å²) in [5.41, 5.74) is 1.08. The Kier molecular flexibility index (Phi) is 6.68. The van der Waals surface area contributed by atoms with Crippen molar-refractivity contribution in [2.75, 3.05) is 30.1 Å². The molecule has 1 rings (SSSR count). The van der Waals surface area contributed by atoms with Crippen LogP contribution in [0.3, 0.4) is 0 Å². The Morgan fingerprint density at radius 2 is 1.89 bits per heavy atom. The van der Waals surface area contributed by atoms with Crippen molar-refractivity contribution < 1.29 is 12.6 Å². The normalized spacial score (nSPS) is 15.1. The second kappa shape index (κ2) is 7.77. The predicted molar refractivity (Wildman–Crippen MR) is 80.4 cm³/mol. The molecule has 1 aromatic carbocycles. The summed E-state index contributed by atoms with van der Waals surface area (Å²) in [6.07, 6.45) is 1.17. The van der Waals surface area contributed by atoms with E-state index in [1.54, 1.807) is 0 Å². The zero-order valence-corrected chi connectivity index (χ0v) is 13.0. The van der Waals surface area contributed by atoms with Crippen LogP contribution >= 0.6 is 0 Å². The Hall–Kier alpha value is -0.720. The minimum absolute atomic E-state index is 0.00611. The van der Waals surface area contributed by atoms with Crippen molar-refractivity contribution in [1.82, 2.24) is 5.32 Å². The average molecular weight is 303 g/mol. The summed E-state index contributed by atoms with van der Waals surface area (Å²) >= 11 is 0. The zero-order valence-electron chi connectivity index (χ0n) is 11.3. The lowest BCUT2D eigenvalue weighted by Gasteiger charge is -2.17. The largest absolute Gasteiger partial charge is 0.309 e. The maximum Gasteiger partial charge on any atom is 0.148 e. The van der Waals surface area contributed by atoms with Crippen LogP contribution in [0, 0.1) is 0 Å². The first-order valence-corrected chi connectivity index (χ1v) is 9.78. The van der Waals surface area contributed by atoms with E-state index < -0.39 is 20.6 Å². The molecule has 2 unspecified atom stereocenters. The quantitative estimate of drug-likeness (QED) is 0.782. The van der Waals surface area contributed by atoms with Gasteiger partial charge in [-0.25, -0.2) is 8.42 Å². The van der Waals surface area contributed by atoms with Crippen molar-refractivity contribution in [3.05, 3.63) is 35.9 Å². The van der Waals surface area contributed by atoms with E-state index in [0.29, 0.717) is 5.75 Å². The van der Waals surface area contributed by atoms with E-state index in [0.717, 1.165) is 12.1 Å². The lowest BCUT2D eigenvalue weighted by molar-refractivity contribution is 0.592. The van der Waals surface area contributed by atoms with E-state index >= 15 is 0 Å². The molecule has 0 heterocycles. The minimum Gasteiger partial charge on any atom is -0.309 e. The van der Waals surface area contributed by atoms with Gasteiger partial charge in [-0.2, -0.15) is 0 Å². The van der Waals surface area contributed by atoms with Crippen molar-refractivity contribution in [2.24, 2.45) is 0 Å². The van der Waals surface area contributed by atoms with Crippen LogP contribution in [0.2, 0.25) is 0 Å². The number of hydrogen-bond acceptors (Lipinski definition) is 4. The van der Waals surface area contributed by atoms with Gasteiger partial charge in [-0.1, -0.05) is 37.3 Å². The molecule has 0 bridgehead atoms. The molecule has 0 aliphatic carbocycles. The number of hydrogen-bond donors (Lipinski definition) is 1. The van der Waals surface area contributed by atoms with Crippen molar-refractivity contribution in [3.63, 3.8) is 0 Å². The molecule has 0 amide bonds. The molecule has 0 spiro atoms. The van der Waals surface area contributed by atoms with Gasteiger partial charge >= 0.3 is 0 Å². The van der Waals surface area contributed by atoms with Crippen molar-refractivity contribution >= 4 is 20.6 Å². The Bertz CT molecular complexity index is 500. The lowest BCUT2D eigenvalue weighted by atomic mass is 10.1. The van der Waals surface area contributed by atoms with E-state index in [9.17, 15) is 12.6 Å². The summed E-state index contributed by atoms with van der Waals surface area (Å²) in [4.78, 5) is 0. The molecule has 0 aliphatic rings. The number of sulfone groups is 1. The molecule has 108 valence electrons. The van der Waals surface area contributed by atoms with Gasteiger partial charge in [-0.05, 0) is 12.1 Å². The first kappa shape index (κ1) is 16.3. The van der Waals surface area contributed by atoms with Gasteiger partial charge in [0.05, 0.1) is 5.75 Å². The maximum absolute atomic E-state index is 12.0. The van der Waals surface area contributed by atoms with Crippen molar-refractivity contribution in [2.45, 2.75) is 13.0 Å². The number of nitrogens with one attached hydrogen (secondary N) is 1. The summed E-state index contributed by atoms with van der Waals surface area (Å²) in [7, 11) is -4.19. The summed E-state index contributed by atoms with van der Waals surface area (Å²) in [5, 5.41) is 3.28. The molecule has 6 heteroatoms. The van der Waals surface area contributed by atoms with Crippen LogP contribution < -0.4 is 5.32 Å². The highest BCUT2D eigenvalue weighted by Crippen LogP contribution is 2.13. The van der Waals surface area contributed by atoms with Gasteiger partial charge in [0.1, 0.15) is 9.84 Å². The monoisotopic (exact) mass is 303 g/mol. The third kappa shape index (κ3) is 6.84. The summed E-state index contributed by atoms with van der Waals surface area (Å²) in [6, 6.07) is 9.81. The van der Waals surface area contributed by atoms with E-state index in [1.165, 1.54) is 6.26 Å². The number of rotatable bonds is 8. The topological polar surface area (TPSA) is 63.2 Å². The highest BCUT2D eigenvalue weighted by Gasteiger charge is 2.15. The molecule has 19 heavy (non-hydrogen) atoms. The van der Waals surface area contributed by atoms with Crippen LogP contribution in [0.15, 0.2) is 30.3 Å². The number of benzene rings is 1. The van der Waals surface area contributed by atoms with Gasteiger partial charge in [-0.3, -0.25) is 4.21 Å². The van der Waals surface area contributed by atoms with E-state index in [-0.39, 0.29) is 17.5 Å². The van der Waals surface area contributed by atoms with Gasteiger partial charge in [0, 0.05) is 34.6 Å². The van der Waals surface area contributed by atoms with Gasteiger partial charge in [-0.15, -0.1) is 0 Å².